The first kappa shape index (κ1) is 19.8. The number of aryl methyl sites for hydroxylation is 3. The fourth-order valence-electron chi connectivity index (χ4n) is 4.22. The van der Waals surface area contributed by atoms with E-state index in [1.54, 1.807) is 21.3 Å². The van der Waals surface area contributed by atoms with E-state index < -0.39 is 0 Å². The first-order valence-electron chi connectivity index (χ1n) is 10.2. The zero-order valence-electron chi connectivity index (χ0n) is 17.7. The highest BCUT2D eigenvalue weighted by atomic mass is 32.1. The van der Waals surface area contributed by atoms with Crippen LogP contribution in [0.15, 0.2) is 28.5 Å². The van der Waals surface area contributed by atoms with E-state index in [0.717, 1.165) is 41.2 Å². The minimum atomic E-state index is -0.0565. The second-order valence-electron chi connectivity index (χ2n) is 7.93. The van der Waals surface area contributed by atoms with Gasteiger partial charge in [0.15, 0.2) is 10.6 Å². The summed E-state index contributed by atoms with van der Waals surface area (Å²) in [6.45, 7) is 7.13. The zero-order valence-corrected chi connectivity index (χ0v) is 18.5. The van der Waals surface area contributed by atoms with Gasteiger partial charge in [-0.25, -0.2) is 9.97 Å². The quantitative estimate of drug-likeness (QED) is 0.484. The number of carbonyl (C=O) groups is 1. The molecule has 0 N–H and O–H groups in total. The fourth-order valence-corrected chi connectivity index (χ4v) is 4.95. The van der Waals surface area contributed by atoms with Crippen molar-refractivity contribution in [1.82, 2.24) is 33.9 Å². The van der Waals surface area contributed by atoms with Gasteiger partial charge in [0.1, 0.15) is 0 Å². The number of fused-ring (bicyclic) bond motifs is 2. The number of rotatable bonds is 3. The van der Waals surface area contributed by atoms with E-state index in [-0.39, 0.29) is 11.5 Å². The molecule has 1 saturated heterocycles. The summed E-state index contributed by atoms with van der Waals surface area (Å²) < 4.78 is 3.29. The highest BCUT2D eigenvalue weighted by Gasteiger charge is 2.26. The van der Waals surface area contributed by atoms with Gasteiger partial charge >= 0.3 is 0 Å². The Kier molecular flexibility index (Phi) is 4.82. The van der Waals surface area contributed by atoms with Gasteiger partial charge in [-0.2, -0.15) is 5.10 Å². The lowest BCUT2D eigenvalue weighted by Crippen LogP contribution is -2.48. The summed E-state index contributed by atoms with van der Waals surface area (Å²) in [5, 5.41) is 7.13. The summed E-state index contributed by atoms with van der Waals surface area (Å²) in [5.41, 5.74) is 3.73. The molecule has 4 aromatic heterocycles. The molecule has 1 fully saturated rings. The maximum Gasteiger partial charge on any atom is 0.258 e. The minimum absolute atomic E-state index is 0.0163. The predicted molar refractivity (Wildman–Crippen MR) is 119 cm³/mol. The van der Waals surface area contributed by atoms with Crippen LogP contribution in [-0.2, 0) is 13.6 Å². The van der Waals surface area contributed by atoms with Gasteiger partial charge in [0.05, 0.1) is 22.3 Å². The first-order valence-corrected chi connectivity index (χ1v) is 11.1. The van der Waals surface area contributed by atoms with Crippen molar-refractivity contribution in [2.24, 2.45) is 7.05 Å². The van der Waals surface area contributed by atoms with Gasteiger partial charge in [0.2, 0.25) is 0 Å². The lowest BCUT2D eigenvalue weighted by molar-refractivity contribution is 0.0629. The Morgan fingerprint density at radius 2 is 1.90 bits per heavy atom. The zero-order chi connectivity index (χ0) is 21.7. The predicted octanol–water partition coefficient (Wildman–Crippen LogP) is 1.61. The van der Waals surface area contributed by atoms with E-state index in [1.807, 2.05) is 37.2 Å². The molecule has 9 nitrogen and oxygen atoms in total. The van der Waals surface area contributed by atoms with Crippen LogP contribution in [-0.4, -0.2) is 66.0 Å². The maximum absolute atomic E-state index is 13.3. The van der Waals surface area contributed by atoms with E-state index >= 15 is 0 Å². The molecule has 0 atom stereocenters. The molecule has 0 unspecified atom stereocenters. The van der Waals surface area contributed by atoms with Gasteiger partial charge < -0.3 is 4.90 Å². The summed E-state index contributed by atoms with van der Waals surface area (Å²) in [4.78, 5) is 39.5. The molecule has 31 heavy (non-hydrogen) atoms. The molecule has 1 aliphatic rings. The van der Waals surface area contributed by atoms with Crippen molar-refractivity contribution in [2.75, 3.05) is 26.2 Å². The lowest BCUT2D eigenvalue weighted by atomic mass is 10.1. The molecule has 5 rings (SSSR count). The van der Waals surface area contributed by atoms with E-state index in [1.165, 1.54) is 11.3 Å². The van der Waals surface area contributed by atoms with Gasteiger partial charge in [-0.3, -0.25) is 23.6 Å². The van der Waals surface area contributed by atoms with Gasteiger partial charge in [-0.15, -0.1) is 11.3 Å². The van der Waals surface area contributed by atoms with Crippen molar-refractivity contribution < 1.29 is 4.79 Å². The minimum Gasteiger partial charge on any atom is -0.336 e. The summed E-state index contributed by atoms with van der Waals surface area (Å²) >= 11 is 1.45. The monoisotopic (exact) mass is 437 g/mol. The number of carbonyl (C=O) groups excluding carboxylic acids is 1. The van der Waals surface area contributed by atoms with Crippen molar-refractivity contribution in [1.29, 1.82) is 0 Å². The highest BCUT2D eigenvalue weighted by molar-refractivity contribution is 7.15. The van der Waals surface area contributed by atoms with Crippen LogP contribution < -0.4 is 5.56 Å². The molecular formula is C21H23N7O2S. The third-order valence-corrected chi connectivity index (χ3v) is 6.49. The number of nitrogens with zero attached hydrogens (tertiary/aromatic N) is 7. The van der Waals surface area contributed by atoms with Gasteiger partial charge in [-0.05, 0) is 19.9 Å². The Labute approximate surface area is 182 Å². The Morgan fingerprint density at radius 3 is 2.68 bits per heavy atom. The molecular weight excluding hydrogens is 414 g/mol. The molecule has 10 heteroatoms. The third kappa shape index (κ3) is 3.51. The number of amides is 1. The number of pyridine rings is 1. The first-order chi connectivity index (χ1) is 14.9. The fraction of sp³-hybridized carbons (Fsp3) is 0.381. The van der Waals surface area contributed by atoms with E-state index in [0.29, 0.717) is 30.2 Å². The molecule has 1 aliphatic heterocycles. The maximum atomic E-state index is 13.3. The van der Waals surface area contributed by atoms with Crippen molar-refractivity contribution in [3.05, 3.63) is 56.7 Å². The number of thiazole rings is 1. The van der Waals surface area contributed by atoms with Crippen molar-refractivity contribution in [3.8, 4) is 0 Å². The Balaban J connectivity index is 1.32. The topological polar surface area (TPSA) is 88.6 Å². The Hall–Kier alpha value is -3.11. The number of aromatic nitrogens is 5. The standard InChI is InChI=1S/C21H23N7O2S/c1-13-10-16(18-14(2)24-25(3)19(18)22-13)20(30)27-6-4-26(5-7-27)12-15-11-17(29)28-8-9-31-21(28)23-15/h8-11H,4-7,12H2,1-3H3. The lowest BCUT2D eigenvalue weighted by Gasteiger charge is -2.34. The van der Waals surface area contributed by atoms with Crippen LogP contribution in [0, 0.1) is 13.8 Å². The molecule has 1 amide bonds. The van der Waals surface area contributed by atoms with Gasteiger partial charge in [-0.1, -0.05) is 0 Å². The van der Waals surface area contributed by atoms with Gasteiger partial charge in [0.25, 0.3) is 11.5 Å². The molecule has 0 bridgehead atoms. The highest BCUT2D eigenvalue weighted by Crippen LogP contribution is 2.23. The number of piperazine rings is 1. The second kappa shape index (κ2) is 7.54. The van der Waals surface area contributed by atoms with Crippen molar-refractivity contribution in [2.45, 2.75) is 20.4 Å². The number of hydrogen-bond donors (Lipinski definition) is 0. The molecule has 4 aromatic rings. The summed E-state index contributed by atoms with van der Waals surface area (Å²) in [5.74, 6) is 0.0163. The molecule has 0 aliphatic carbocycles. The van der Waals surface area contributed by atoms with Crippen LogP contribution in [0.2, 0.25) is 0 Å². The van der Waals surface area contributed by atoms with E-state index in [4.69, 9.17) is 0 Å². The van der Waals surface area contributed by atoms with Gasteiger partial charge in [0, 0.05) is 63.1 Å². The average molecular weight is 438 g/mol. The largest absolute Gasteiger partial charge is 0.336 e. The summed E-state index contributed by atoms with van der Waals surface area (Å²) in [6, 6.07) is 3.46. The Bertz CT molecular complexity index is 1360. The van der Waals surface area contributed by atoms with Crippen LogP contribution in [0.5, 0.6) is 0 Å². The van der Waals surface area contributed by atoms with Crippen LogP contribution in [0.1, 0.15) is 27.4 Å². The van der Waals surface area contributed by atoms with E-state index in [2.05, 4.69) is 20.0 Å². The molecule has 0 aromatic carbocycles. The molecule has 0 spiro atoms. The third-order valence-electron chi connectivity index (χ3n) is 5.73. The van der Waals surface area contributed by atoms with Crippen molar-refractivity contribution in [3.63, 3.8) is 0 Å². The molecule has 0 radical (unpaired) electrons. The summed E-state index contributed by atoms with van der Waals surface area (Å²) in [7, 11) is 1.85. The van der Waals surface area contributed by atoms with Crippen LogP contribution in [0.4, 0.5) is 0 Å². The van der Waals surface area contributed by atoms with Crippen LogP contribution >= 0.6 is 11.3 Å². The van der Waals surface area contributed by atoms with Crippen LogP contribution in [0.25, 0.3) is 16.0 Å². The number of hydrogen-bond acceptors (Lipinski definition) is 7. The second-order valence-corrected chi connectivity index (χ2v) is 8.80. The molecule has 160 valence electrons. The van der Waals surface area contributed by atoms with Crippen molar-refractivity contribution >= 4 is 33.2 Å². The SMILES string of the molecule is Cc1cc(C(=O)N2CCN(Cc3cc(=O)n4ccsc4n3)CC2)c2c(C)nn(C)c2n1. The van der Waals surface area contributed by atoms with E-state index in [9.17, 15) is 9.59 Å². The average Bonchev–Trinajstić information content (AvgIpc) is 3.32. The Morgan fingerprint density at radius 1 is 1.13 bits per heavy atom. The smallest absolute Gasteiger partial charge is 0.258 e. The summed E-state index contributed by atoms with van der Waals surface area (Å²) in [6.07, 6.45) is 1.74. The normalized spacial score (nSPS) is 15.3. The molecule has 5 heterocycles. The van der Waals surface area contributed by atoms with Crippen LogP contribution in [0.3, 0.4) is 0 Å². The molecule has 0 saturated carbocycles.